The predicted molar refractivity (Wildman–Crippen MR) is 124 cm³/mol. The molecule has 13 heteroatoms. The van der Waals surface area contributed by atoms with Gasteiger partial charge < -0.3 is 59.1 Å². The third-order valence-corrected chi connectivity index (χ3v) is 7.49. The van der Waals surface area contributed by atoms with E-state index in [2.05, 4.69) is 0 Å². The second-order valence-corrected chi connectivity index (χ2v) is 9.58. The van der Waals surface area contributed by atoms with E-state index in [0.29, 0.717) is 11.3 Å². The average Bonchev–Trinajstić information content (AvgIpc) is 3.60. The van der Waals surface area contributed by atoms with Crippen molar-refractivity contribution in [1.29, 1.82) is 0 Å². The lowest BCUT2D eigenvalue weighted by molar-refractivity contribution is -0.344. The number of aliphatic hydroxyl groups is 5. The van der Waals surface area contributed by atoms with Crippen molar-refractivity contribution in [2.75, 3.05) is 20.3 Å². The number of methoxy groups -OCH3 is 1. The van der Waals surface area contributed by atoms with Crippen LogP contribution in [0.3, 0.4) is 0 Å². The predicted octanol–water partition coefficient (Wildman–Crippen LogP) is -1.61. The zero-order chi connectivity index (χ0) is 27.2. The number of aromatic hydroxyl groups is 1. The SMILES string of the molecule is COc1ccc(/C=C/C(=O)OC2C3OC3(CO)[C@@H]3C(O[C@@H]4O[C@H](CO)[C@@H](O)[C@@H](O)[C@H]4O)OC=C[C@H]23)c(O)c1. The van der Waals surface area contributed by atoms with Gasteiger partial charge in [-0.1, -0.05) is 0 Å². The number of phenols is 1. The van der Waals surface area contributed by atoms with E-state index >= 15 is 0 Å². The molecular weight excluding hydrogens is 508 g/mol. The first-order chi connectivity index (χ1) is 18.2. The number of fused-ring (bicyclic) bond motifs is 3. The standard InChI is InChI=1S/C25H30O13/c1-33-12-4-2-11(14(28)8-12)3-5-16(29)36-21-13-6-7-34-23(17(13)25(10-27)22(21)38-25)37-24-20(32)19(31)18(30)15(9-26)35-24/h2-8,13,15,17-24,26-28,30-32H,9-10H2,1H3/b5-3+/t13-,15+,17-,18+,19+,20+,21?,22?,23?,24-,25?/m0/s1. The molecular formula is C25H30O13. The van der Waals surface area contributed by atoms with Crippen LogP contribution in [0.1, 0.15) is 5.56 Å². The second kappa shape index (κ2) is 10.4. The molecule has 6 N–H and O–H groups in total. The first-order valence-corrected chi connectivity index (χ1v) is 12.1. The third kappa shape index (κ3) is 4.54. The Labute approximate surface area is 217 Å². The van der Waals surface area contributed by atoms with E-state index in [0.717, 1.165) is 6.08 Å². The molecule has 0 aromatic heterocycles. The molecule has 0 radical (unpaired) electrons. The summed E-state index contributed by atoms with van der Waals surface area (Å²) in [6, 6.07) is 4.61. The van der Waals surface area contributed by atoms with Crippen LogP contribution in [-0.2, 0) is 28.5 Å². The average molecular weight is 539 g/mol. The summed E-state index contributed by atoms with van der Waals surface area (Å²) in [6.07, 6.45) is -4.61. The Balaban J connectivity index is 1.29. The summed E-state index contributed by atoms with van der Waals surface area (Å²) in [6.45, 7) is -1.07. The topological polar surface area (TPSA) is 197 Å². The summed E-state index contributed by atoms with van der Waals surface area (Å²) in [4.78, 5) is 12.7. The minimum absolute atomic E-state index is 0.0836. The van der Waals surface area contributed by atoms with Crippen LogP contribution < -0.4 is 4.74 Å². The van der Waals surface area contributed by atoms with Crippen molar-refractivity contribution in [1.82, 2.24) is 0 Å². The molecule has 1 aromatic rings. The molecule has 3 aliphatic heterocycles. The van der Waals surface area contributed by atoms with E-state index in [1.807, 2.05) is 0 Å². The molecule has 3 heterocycles. The Morgan fingerprint density at radius 2 is 1.92 bits per heavy atom. The van der Waals surface area contributed by atoms with E-state index in [4.69, 9.17) is 28.4 Å². The molecule has 4 unspecified atom stereocenters. The third-order valence-electron chi connectivity index (χ3n) is 7.49. The van der Waals surface area contributed by atoms with E-state index in [-0.39, 0.29) is 5.75 Å². The lowest BCUT2D eigenvalue weighted by Crippen LogP contribution is -2.60. The fourth-order valence-corrected chi connectivity index (χ4v) is 5.41. The van der Waals surface area contributed by atoms with E-state index in [1.165, 1.54) is 25.5 Å². The molecule has 5 rings (SSSR count). The van der Waals surface area contributed by atoms with Crippen molar-refractivity contribution in [3.63, 3.8) is 0 Å². The van der Waals surface area contributed by atoms with Gasteiger partial charge in [-0.3, -0.25) is 0 Å². The lowest BCUT2D eigenvalue weighted by atomic mass is 9.85. The molecule has 2 saturated heterocycles. The molecule has 4 aliphatic rings. The van der Waals surface area contributed by atoms with Gasteiger partial charge in [0.05, 0.1) is 32.5 Å². The molecule has 208 valence electrons. The van der Waals surface area contributed by atoms with Crippen molar-refractivity contribution < 1.29 is 63.9 Å². The highest BCUT2D eigenvalue weighted by Gasteiger charge is 2.77. The number of esters is 1. The summed E-state index contributed by atoms with van der Waals surface area (Å²) in [5.74, 6) is -1.53. The maximum absolute atomic E-state index is 12.7. The Morgan fingerprint density at radius 3 is 2.61 bits per heavy atom. The first-order valence-electron chi connectivity index (χ1n) is 12.1. The van der Waals surface area contributed by atoms with E-state index < -0.39 is 85.8 Å². The van der Waals surface area contributed by atoms with Gasteiger partial charge in [0.15, 0.2) is 6.29 Å². The molecule has 1 aromatic carbocycles. The number of phenolic OH excluding ortho intramolecular Hbond substituents is 1. The maximum atomic E-state index is 12.7. The molecule has 11 atom stereocenters. The summed E-state index contributed by atoms with van der Waals surface area (Å²) in [7, 11) is 1.47. The van der Waals surface area contributed by atoms with Gasteiger partial charge in [0.25, 0.3) is 0 Å². The van der Waals surface area contributed by atoms with Crippen molar-refractivity contribution in [3.05, 3.63) is 42.2 Å². The van der Waals surface area contributed by atoms with Gasteiger partial charge in [0.2, 0.25) is 6.29 Å². The molecule has 1 saturated carbocycles. The van der Waals surface area contributed by atoms with Crippen molar-refractivity contribution in [2.24, 2.45) is 11.8 Å². The molecule has 38 heavy (non-hydrogen) atoms. The largest absolute Gasteiger partial charge is 0.507 e. The van der Waals surface area contributed by atoms with Crippen LogP contribution in [0.2, 0.25) is 0 Å². The fourth-order valence-electron chi connectivity index (χ4n) is 5.41. The van der Waals surface area contributed by atoms with Crippen LogP contribution in [0.15, 0.2) is 36.6 Å². The van der Waals surface area contributed by atoms with Crippen LogP contribution in [0, 0.1) is 11.8 Å². The van der Waals surface area contributed by atoms with Gasteiger partial charge in [-0.2, -0.15) is 0 Å². The number of hydrogen-bond donors (Lipinski definition) is 6. The number of carbonyl (C=O) groups excluding carboxylic acids is 1. The number of aliphatic hydroxyl groups excluding tert-OH is 5. The first kappa shape index (κ1) is 26.8. The number of hydrogen-bond acceptors (Lipinski definition) is 13. The zero-order valence-corrected chi connectivity index (χ0v) is 20.3. The fraction of sp³-hybridized carbons (Fsp3) is 0.560. The van der Waals surface area contributed by atoms with E-state index in [9.17, 15) is 35.4 Å². The number of carbonyl (C=O) groups is 1. The Morgan fingerprint density at radius 1 is 1.13 bits per heavy atom. The van der Waals surface area contributed by atoms with Gasteiger partial charge in [-0.25, -0.2) is 4.79 Å². The van der Waals surface area contributed by atoms with Gasteiger partial charge in [0, 0.05) is 23.6 Å². The Bertz CT molecular complexity index is 1090. The molecule has 0 amide bonds. The number of ether oxygens (including phenoxy) is 6. The number of rotatable bonds is 8. The summed E-state index contributed by atoms with van der Waals surface area (Å²) >= 11 is 0. The number of epoxide rings is 1. The highest BCUT2D eigenvalue weighted by molar-refractivity contribution is 5.88. The van der Waals surface area contributed by atoms with Crippen molar-refractivity contribution >= 4 is 12.0 Å². The smallest absolute Gasteiger partial charge is 0.331 e. The van der Waals surface area contributed by atoms with Gasteiger partial charge in [0.1, 0.15) is 53.7 Å². The van der Waals surface area contributed by atoms with Gasteiger partial charge in [-0.15, -0.1) is 0 Å². The van der Waals surface area contributed by atoms with Crippen LogP contribution in [0.5, 0.6) is 11.5 Å². The minimum Gasteiger partial charge on any atom is -0.507 e. The molecule has 1 aliphatic carbocycles. The highest BCUT2D eigenvalue weighted by atomic mass is 16.8. The molecule has 0 spiro atoms. The second-order valence-electron chi connectivity index (χ2n) is 9.58. The van der Waals surface area contributed by atoms with Crippen LogP contribution in [0.25, 0.3) is 6.08 Å². The van der Waals surface area contributed by atoms with Gasteiger partial charge >= 0.3 is 5.97 Å². The summed E-state index contributed by atoms with van der Waals surface area (Å²) in [5, 5.41) is 60.2. The molecule has 0 bridgehead atoms. The summed E-state index contributed by atoms with van der Waals surface area (Å²) < 4.78 is 33.3. The van der Waals surface area contributed by atoms with Crippen molar-refractivity contribution in [2.45, 2.75) is 54.8 Å². The lowest BCUT2D eigenvalue weighted by Gasteiger charge is -2.43. The molecule has 3 fully saturated rings. The van der Waals surface area contributed by atoms with Crippen LogP contribution >= 0.6 is 0 Å². The monoisotopic (exact) mass is 538 g/mol. The summed E-state index contributed by atoms with van der Waals surface area (Å²) in [5.41, 5.74) is -0.782. The highest BCUT2D eigenvalue weighted by Crippen LogP contribution is 2.60. The number of benzene rings is 1. The quantitative estimate of drug-likeness (QED) is 0.126. The van der Waals surface area contributed by atoms with Crippen LogP contribution in [0.4, 0.5) is 0 Å². The van der Waals surface area contributed by atoms with Crippen LogP contribution in [-0.4, -0.2) is 112 Å². The Hall–Kier alpha value is -2.75. The minimum atomic E-state index is -1.66. The zero-order valence-electron chi connectivity index (χ0n) is 20.3. The van der Waals surface area contributed by atoms with Crippen molar-refractivity contribution in [3.8, 4) is 11.5 Å². The Kier molecular flexibility index (Phi) is 7.37. The van der Waals surface area contributed by atoms with E-state index in [1.54, 1.807) is 18.2 Å². The normalized spacial score (nSPS) is 41.3. The maximum Gasteiger partial charge on any atom is 0.331 e. The van der Waals surface area contributed by atoms with Gasteiger partial charge in [-0.05, 0) is 24.3 Å². The molecule has 13 nitrogen and oxygen atoms in total.